The molecular weight excluding hydrogens is 184 g/mol. The molecular formula is C9H10N2OS. The first-order valence-electron chi connectivity index (χ1n) is 4.15. The molecule has 0 atom stereocenters. The van der Waals surface area contributed by atoms with E-state index in [4.69, 9.17) is 0 Å². The highest BCUT2D eigenvalue weighted by atomic mass is 32.1. The van der Waals surface area contributed by atoms with Crippen molar-refractivity contribution >= 4 is 21.6 Å². The number of nitrogens with zero attached hydrogens (tertiary/aromatic N) is 1. The molecule has 2 rings (SSSR count). The van der Waals surface area contributed by atoms with E-state index in [9.17, 15) is 4.79 Å². The van der Waals surface area contributed by atoms with Gasteiger partial charge >= 0.3 is 4.87 Å². The number of aromatic amines is 1. The van der Waals surface area contributed by atoms with Gasteiger partial charge in [0.2, 0.25) is 0 Å². The summed E-state index contributed by atoms with van der Waals surface area (Å²) in [5.41, 5.74) is 2.05. The Hall–Kier alpha value is -1.16. The predicted octanol–water partition coefficient (Wildman–Crippen LogP) is 2.11. The maximum atomic E-state index is 11.1. The van der Waals surface area contributed by atoms with Crippen LogP contribution in [-0.4, -0.2) is 9.97 Å². The van der Waals surface area contributed by atoms with E-state index in [1.165, 1.54) is 11.3 Å². The second-order valence-corrected chi connectivity index (χ2v) is 4.29. The minimum Gasteiger partial charge on any atom is -0.312 e. The summed E-state index contributed by atoms with van der Waals surface area (Å²) in [5, 5.41) is 0. The van der Waals surface area contributed by atoms with E-state index in [0.717, 1.165) is 15.8 Å². The smallest absolute Gasteiger partial charge is 0.305 e. The fourth-order valence-electron chi connectivity index (χ4n) is 1.33. The Morgan fingerprint density at radius 1 is 1.46 bits per heavy atom. The summed E-state index contributed by atoms with van der Waals surface area (Å²) in [5.74, 6) is 0.390. The zero-order valence-corrected chi connectivity index (χ0v) is 8.31. The van der Waals surface area contributed by atoms with Crippen molar-refractivity contribution in [2.75, 3.05) is 0 Å². The summed E-state index contributed by atoms with van der Waals surface area (Å²) < 4.78 is 0.941. The lowest BCUT2D eigenvalue weighted by molar-refractivity contribution is 0.866. The lowest BCUT2D eigenvalue weighted by atomic mass is 10.1. The predicted molar refractivity (Wildman–Crippen MR) is 54.3 cm³/mol. The lowest BCUT2D eigenvalue weighted by Gasteiger charge is -2.04. The van der Waals surface area contributed by atoms with Crippen molar-refractivity contribution in [3.05, 3.63) is 27.6 Å². The Bertz CT molecular complexity index is 484. The summed E-state index contributed by atoms with van der Waals surface area (Å²) in [6.45, 7) is 4.18. The second kappa shape index (κ2) is 2.96. The van der Waals surface area contributed by atoms with Crippen LogP contribution in [0.1, 0.15) is 25.3 Å². The van der Waals surface area contributed by atoms with Crippen molar-refractivity contribution in [3.63, 3.8) is 0 Å². The Kier molecular flexibility index (Phi) is 1.92. The molecule has 0 radical (unpaired) electrons. The molecule has 68 valence electrons. The monoisotopic (exact) mass is 194 g/mol. The summed E-state index contributed by atoms with van der Waals surface area (Å²) >= 11 is 1.21. The van der Waals surface area contributed by atoms with Gasteiger partial charge in [0.1, 0.15) is 0 Å². The molecule has 13 heavy (non-hydrogen) atoms. The minimum absolute atomic E-state index is 0.00935. The lowest BCUT2D eigenvalue weighted by Crippen LogP contribution is -1.94. The van der Waals surface area contributed by atoms with Gasteiger partial charge in [0.25, 0.3) is 0 Å². The molecule has 2 heterocycles. The molecule has 0 amide bonds. The van der Waals surface area contributed by atoms with Gasteiger partial charge in [0, 0.05) is 12.4 Å². The molecule has 4 heteroatoms. The summed E-state index contributed by atoms with van der Waals surface area (Å²) in [7, 11) is 0. The van der Waals surface area contributed by atoms with Crippen LogP contribution in [0.15, 0.2) is 17.2 Å². The largest absolute Gasteiger partial charge is 0.312 e. The van der Waals surface area contributed by atoms with E-state index in [-0.39, 0.29) is 4.87 Å². The van der Waals surface area contributed by atoms with Crippen molar-refractivity contribution < 1.29 is 0 Å². The van der Waals surface area contributed by atoms with Gasteiger partial charge in [-0.25, -0.2) is 0 Å². The quantitative estimate of drug-likeness (QED) is 0.755. The Morgan fingerprint density at radius 3 is 2.92 bits per heavy atom. The second-order valence-electron chi connectivity index (χ2n) is 3.27. The van der Waals surface area contributed by atoms with Crippen LogP contribution in [0.3, 0.4) is 0 Å². The first-order chi connectivity index (χ1) is 6.18. The maximum absolute atomic E-state index is 11.1. The van der Waals surface area contributed by atoms with E-state index >= 15 is 0 Å². The Balaban J connectivity index is 2.82. The first-order valence-corrected chi connectivity index (χ1v) is 4.97. The molecule has 1 N–H and O–H groups in total. The maximum Gasteiger partial charge on any atom is 0.305 e. The highest BCUT2D eigenvalue weighted by Gasteiger charge is 2.07. The topological polar surface area (TPSA) is 45.8 Å². The minimum atomic E-state index is -0.00935. The van der Waals surface area contributed by atoms with Gasteiger partial charge in [-0.1, -0.05) is 25.2 Å². The molecule has 0 bridgehead atoms. The molecule has 0 unspecified atom stereocenters. The molecule has 0 aliphatic heterocycles. The Morgan fingerprint density at radius 2 is 2.23 bits per heavy atom. The molecule has 0 saturated heterocycles. The number of pyridine rings is 1. The van der Waals surface area contributed by atoms with Gasteiger partial charge in [-0.3, -0.25) is 9.78 Å². The number of thiazole rings is 1. The van der Waals surface area contributed by atoms with Gasteiger partial charge in [-0.2, -0.15) is 0 Å². The van der Waals surface area contributed by atoms with Crippen molar-refractivity contribution in [2.24, 2.45) is 0 Å². The molecule has 0 fully saturated rings. The number of hydrogen-bond acceptors (Lipinski definition) is 3. The molecule has 2 aromatic heterocycles. The number of nitrogens with one attached hydrogen (secondary N) is 1. The number of aromatic nitrogens is 2. The average Bonchev–Trinajstić information content (AvgIpc) is 2.43. The molecule has 0 spiro atoms. The van der Waals surface area contributed by atoms with Crippen LogP contribution in [0.5, 0.6) is 0 Å². The third-order valence-electron chi connectivity index (χ3n) is 1.99. The van der Waals surface area contributed by atoms with E-state index in [2.05, 4.69) is 23.8 Å². The summed E-state index contributed by atoms with van der Waals surface area (Å²) in [6, 6.07) is 0. The van der Waals surface area contributed by atoms with Crippen molar-refractivity contribution in [2.45, 2.75) is 19.8 Å². The van der Waals surface area contributed by atoms with Crippen LogP contribution in [0.4, 0.5) is 0 Å². The van der Waals surface area contributed by atoms with Gasteiger partial charge in [0.15, 0.2) is 0 Å². The number of hydrogen-bond donors (Lipinski definition) is 1. The molecule has 0 aliphatic rings. The average molecular weight is 194 g/mol. The standard InChI is InChI=1S/C9H10N2OS/c1-5(2)6-3-10-4-7-8(6)11-9(12)13-7/h3-5H,1-2H3,(H,11,12). The van der Waals surface area contributed by atoms with Crippen LogP contribution in [0.2, 0.25) is 0 Å². The number of fused-ring (bicyclic) bond motifs is 1. The van der Waals surface area contributed by atoms with Gasteiger partial charge in [-0.15, -0.1) is 0 Å². The molecule has 0 aromatic carbocycles. The third kappa shape index (κ3) is 1.37. The van der Waals surface area contributed by atoms with E-state index in [0.29, 0.717) is 5.92 Å². The summed E-state index contributed by atoms with van der Waals surface area (Å²) in [4.78, 5) is 18.0. The van der Waals surface area contributed by atoms with Crippen molar-refractivity contribution in [1.29, 1.82) is 0 Å². The van der Waals surface area contributed by atoms with Crippen LogP contribution < -0.4 is 4.87 Å². The highest BCUT2D eigenvalue weighted by molar-refractivity contribution is 7.16. The van der Waals surface area contributed by atoms with E-state index in [1.807, 2.05) is 6.20 Å². The zero-order chi connectivity index (χ0) is 9.42. The van der Waals surface area contributed by atoms with Crippen LogP contribution >= 0.6 is 11.3 Å². The highest BCUT2D eigenvalue weighted by Crippen LogP contribution is 2.23. The first kappa shape index (κ1) is 8.44. The van der Waals surface area contributed by atoms with Crippen LogP contribution in [0.25, 0.3) is 10.2 Å². The number of rotatable bonds is 1. The normalized spacial score (nSPS) is 11.3. The fraction of sp³-hybridized carbons (Fsp3) is 0.333. The molecule has 2 aromatic rings. The van der Waals surface area contributed by atoms with Gasteiger partial charge in [0.05, 0.1) is 10.2 Å². The molecule has 0 aliphatic carbocycles. The van der Waals surface area contributed by atoms with Crippen molar-refractivity contribution in [1.82, 2.24) is 9.97 Å². The fourth-order valence-corrected chi connectivity index (χ4v) is 2.07. The van der Waals surface area contributed by atoms with Crippen LogP contribution in [0, 0.1) is 0 Å². The third-order valence-corrected chi connectivity index (χ3v) is 2.81. The van der Waals surface area contributed by atoms with E-state index in [1.54, 1.807) is 6.20 Å². The van der Waals surface area contributed by atoms with Gasteiger partial charge < -0.3 is 4.98 Å². The summed E-state index contributed by atoms with van der Waals surface area (Å²) in [6.07, 6.45) is 3.54. The van der Waals surface area contributed by atoms with Crippen LogP contribution in [-0.2, 0) is 0 Å². The molecule has 3 nitrogen and oxygen atoms in total. The van der Waals surface area contributed by atoms with Gasteiger partial charge in [-0.05, 0) is 11.5 Å². The van der Waals surface area contributed by atoms with Crippen molar-refractivity contribution in [3.8, 4) is 0 Å². The SMILES string of the molecule is CC(C)c1cncc2sc(=O)[nH]c12. The Labute approximate surface area is 79.4 Å². The number of H-pyrrole nitrogens is 1. The zero-order valence-electron chi connectivity index (χ0n) is 7.50. The molecule has 0 saturated carbocycles. The van der Waals surface area contributed by atoms with E-state index < -0.39 is 0 Å².